The molecule has 5 heterocycles. The molecule has 0 aliphatic rings. The van der Waals surface area contributed by atoms with Gasteiger partial charge < -0.3 is 24.9 Å². The van der Waals surface area contributed by atoms with Crippen LogP contribution in [0.25, 0.3) is 101 Å². The molecule has 108 heavy (non-hydrogen) atoms. The van der Waals surface area contributed by atoms with E-state index < -0.39 is 32.3 Å². The monoisotopic (exact) mass is 2190 g/mol. The van der Waals surface area contributed by atoms with Gasteiger partial charge in [-0.15, -0.1) is 172 Å². The summed E-state index contributed by atoms with van der Waals surface area (Å²) in [6, 6.07) is 108. The summed E-state index contributed by atoms with van der Waals surface area (Å²) >= 11 is 0. The van der Waals surface area contributed by atoms with Crippen molar-refractivity contribution in [2.24, 2.45) is 0 Å². The largest absolute Gasteiger partial charge is 0.305 e. The molecule has 0 fully saturated rings. The maximum atomic E-state index is 4.49. The van der Waals surface area contributed by atoms with Crippen LogP contribution in [-0.4, -0.2) is 57.2 Å². The zero-order chi connectivity index (χ0) is 74.0. The minimum atomic E-state index is -1.39. The van der Waals surface area contributed by atoms with Crippen molar-refractivity contribution >= 4 is 53.0 Å². The quantitative estimate of drug-likeness (QED) is 0.0850. The molecule has 0 saturated heterocycles. The van der Waals surface area contributed by atoms with E-state index in [0.717, 1.165) is 56.3 Å². The topological polar surface area (TPSA) is 64.5 Å². The average molecular weight is 2190 g/mol. The number of rotatable bonds is 13. The van der Waals surface area contributed by atoms with Gasteiger partial charge in [-0.1, -0.05) is 266 Å². The minimum Gasteiger partial charge on any atom is -0.305 e. The first-order chi connectivity index (χ1) is 49.7. The van der Waals surface area contributed by atoms with Crippen LogP contribution in [0.3, 0.4) is 0 Å². The molecule has 0 amide bonds. The second-order valence-corrected chi connectivity index (χ2v) is 50.8. The Morgan fingerprint density at radius 2 is 0.611 bits per heavy atom. The Labute approximate surface area is 703 Å². The number of nitrogens with zero attached hydrogens (tertiary/aromatic N) is 5. The van der Waals surface area contributed by atoms with Gasteiger partial charge in [0.15, 0.2) is 0 Å². The number of aryl methyl sites for hydroxylation is 4. The molecule has 0 aliphatic heterocycles. The van der Waals surface area contributed by atoms with Gasteiger partial charge in [-0.3, -0.25) is 0 Å². The minimum absolute atomic E-state index is 0. The third kappa shape index (κ3) is 25.6. The zero-order valence-corrected chi connectivity index (χ0v) is 78.4. The summed E-state index contributed by atoms with van der Waals surface area (Å²) in [5, 5.41) is 5.96. The SMILES string of the molecule is Cc1ccnc(-c2[c-]cc(-c3ccccc3[Si](C)(C)C)cc2)c1.Cc1ccnc(-c2[c-]ccc(-c3ccc([Si](C)(C)C)cc3)c2)c1.Cc1ccnc(-c2[c-]ccc(-c3cccc([Si](C)(C)C)c3)c2)c1.Cc1ccnc(-c2[c-]ccc(-c3ccccc3[Si](C)(C)C)c2)c1.[Ir].[Ir].[Ir].[Ir].[c-]1ccccc1-c1ccccn1. The van der Waals surface area contributed by atoms with Crippen LogP contribution in [0.15, 0.2) is 292 Å². The number of pyridine rings is 5. The molecule has 5 aromatic heterocycles. The molecule has 0 spiro atoms. The molecule has 5 nitrogen and oxygen atoms in total. The van der Waals surface area contributed by atoms with E-state index in [1.807, 2.05) is 110 Å². The average Bonchev–Trinajstić information content (AvgIpc) is 0.809. The molecule has 0 N–H and O–H groups in total. The molecule has 13 heteroatoms. The van der Waals surface area contributed by atoms with Crippen LogP contribution in [0.2, 0.25) is 78.6 Å². The van der Waals surface area contributed by atoms with E-state index in [0.29, 0.717) is 0 Å². The summed E-state index contributed by atoms with van der Waals surface area (Å²) < 4.78 is 0. The molecule has 14 aromatic rings. The van der Waals surface area contributed by atoms with Crippen molar-refractivity contribution < 1.29 is 80.4 Å². The van der Waals surface area contributed by atoms with Crippen molar-refractivity contribution in [3.63, 3.8) is 0 Å². The maximum absolute atomic E-state index is 4.49. The van der Waals surface area contributed by atoms with Crippen LogP contribution in [0.4, 0.5) is 0 Å². The van der Waals surface area contributed by atoms with Crippen LogP contribution < -0.4 is 20.7 Å². The molecule has 558 valence electrons. The third-order valence-electron chi connectivity index (χ3n) is 17.9. The van der Waals surface area contributed by atoms with E-state index in [1.165, 1.54) is 87.5 Å². The molecular formula is C95H96Ir4N5Si4-5. The second kappa shape index (κ2) is 41.3. The fourth-order valence-electron chi connectivity index (χ4n) is 12.0. The first kappa shape index (κ1) is 89.1. The van der Waals surface area contributed by atoms with Crippen LogP contribution in [-0.2, 0) is 80.4 Å². The van der Waals surface area contributed by atoms with Crippen molar-refractivity contribution in [1.82, 2.24) is 24.9 Å². The second-order valence-electron chi connectivity index (χ2n) is 30.6. The molecule has 9 aromatic carbocycles. The number of hydrogen-bond acceptors (Lipinski definition) is 5. The molecule has 4 radical (unpaired) electrons. The van der Waals surface area contributed by atoms with Gasteiger partial charge in [-0.2, -0.15) is 0 Å². The summed E-state index contributed by atoms with van der Waals surface area (Å²) in [5.41, 5.74) is 25.1. The molecular weight excluding hydrogens is 2090 g/mol. The van der Waals surface area contributed by atoms with Crippen molar-refractivity contribution in [2.75, 3.05) is 0 Å². The Morgan fingerprint density at radius 3 is 1.03 bits per heavy atom. The van der Waals surface area contributed by atoms with Crippen molar-refractivity contribution in [1.29, 1.82) is 0 Å². The van der Waals surface area contributed by atoms with Crippen molar-refractivity contribution in [3.05, 3.63) is 344 Å². The fraction of sp³-hybridized carbons (Fsp3) is 0.168. The van der Waals surface area contributed by atoms with Crippen LogP contribution in [0.5, 0.6) is 0 Å². The van der Waals surface area contributed by atoms with Crippen molar-refractivity contribution in [2.45, 2.75) is 106 Å². The Hall–Kier alpha value is -7.81. The predicted octanol–water partition coefficient (Wildman–Crippen LogP) is 22.8. The van der Waals surface area contributed by atoms with E-state index in [-0.39, 0.29) is 80.4 Å². The summed E-state index contributed by atoms with van der Waals surface area (Å²) in [7, 11) is -5.31. The Bertz CT molecular complexity index is 5090. The first-order valence-electron chi connectivity index (χ1n) is 35.8. The molecule has 0 unspecified atom stereocenters. The van der Waals surface area contributed by atoms with Crippen LogP contribution in [0, 0.1) is 58.0 Å². The van der Waals surface area contributed by atoms with E-state index in [2.05, 4.69) is 337 Å². The van der Waals surface area contributed by atoms with Gasteiger partial charge in [0.2, 0.25) is 0 Å². The standard InChI is InChI=1S/4C21H22NSi.C11H8N.4Ir/c1-16-11-12-22-21(13-16)19-9-5-7-17(14-19)18-8-6-10-20(15-18)23(2,3)4;1-16-12-13-22-20(14-16)18-9-7-8-17(15-18)19-10-5-6-11-21(19)23(2,3)4;1-16-12-13-22-21(14-16)19-7-5-6-18(15-19)17-8-10-20(11-9-17)23(2,3)4;1-16-13-14-22-20(15-16)18-11-9-17(10-12-18)19-7-5-6-8-21(19)23(2,3)4;1-2-6-10(7-3-1)11-8-4-5-9-12-11;;;;/h2*5-8,10-15H,1-4H3;5-6,8-15H,1-4H3;5-11,13-15H,1-4H3;1-6,8-9H;;;;/q5*-1;;;;. The van der Waals surface area contributed by atoms with Crippen LogP contribution in [0.1, 0.15) is 22.3 Å². The van der Waals surface area contributed by atoms with E-state index in [4.69, 9.17) is 0 Å². The summed E-state index contributed by atoms with van der Waals surface area (Å²) in [6.45, 7) is 37.0. The Kier molecular flexibility index (Phi) is 34.1. The molecule has 0 saturated carbocycles. The number of hydrogen-bond donors (Lipinski definition) is 0. The Balaban J connectivity index is 0.000000212. The molecule has 14 rings (SSSR count). The fourth-order valence-corrected chi connectivity index (χ4v) is 17.7. The third-order valence-corrected chi connectivity index (χ3v) is 26.1. The first-order valence-corrected chi connectivity index (χ1v) is 49.8. The van der Waals surface area contributed by atoms with Gasteiger partial charge >= 0.3 is 0 Å². The summed E-state index contributed by atoms with van der Waals surface area (Å²) in [4.78, 5) is 22.1. The summed E-state index contributed by atoms with van der Waals surface area (Å²) in [5.74, 6) is 0. The van der Waals surface area contributed by atoms with Crippen LogP contribution >= 0.6 is 0 Å². The number of benzene rings is 9. The normalized spacial score (nSPS) is 10.9. The van der Waals surface area contributed by atoms with Gasteiger partial charge in [0.05, 0.1) is 32.3 Å². The predicted molar refractivity (Wildman–Crippen MR) is 455 cm³/mol. The van der Waals surface area contributed by atoms with Gasteiger partial charge in [0.1, 0.15) is 0 Å². The van der Waals surface area contributed by atoms with Gasteiger partial charge in [-0.05, 0) is 103 Å². The van der Waals surface area contributed by atoms with E-state index >= 15 is 0 Å². The molecule has 0 aliphatic carbocycles. The smallest absolute Gasteiger partial charge is 0.0783 e. The van der Waals surface area contributed by atoms with Gasteiger partial charge in [0.25, 0.3) is 0 Å². The number of aromatic nitrogens is 5. The van der Waals surface area contributed by atoms with Crippen molar-refractivity contribution in [3.8, 4) is 101 Å². The maximum Gasteiger partial charge on any atom is 0.0783 e. The Morgan fingerprint density at radius 1 is 0.231 bits per heavy atom. The summed E-state index contributed by atoms with van der Waals surface area (Å²) in [6.07, 6.45) is 9.22. The molecule has 0 bridgehead atoms. The van der Waals surface area contributed by atoms with E-state index in [1.54, 1.807) is 6.20 Å². The zero-order valence-electron chi connectivity index (χ0n) is 64.8. The van der Waals surface area contributed by atoms with E-state index in [9.17, 15) is 0 Å². The van der Waals surface area contributed by atoms with Gasteiger partial charge in [-0.25, -0.2) is 0 Å². The van der Waals surface area contributed by atoms with Gasteiger partial charge in [0, 0.05) is 111 Å². The molecule has 0 atom stereocenters.